The molecule has 2 rings (SSSR count). The number of nitrogens with one attached hydrogen (secondary N) is 1. The van der Waals surface area contributed by atoms with Crippen LogP contribution in [0, 0.1) is 0 Å². The number of nitrogens with zero attached hydrogens (tertiary/aromatic N) is 3. The number of rotatable bonds is 6. The molecule has 0 aliphatic heterocycles. The highest BCUT2D eigenvalue weighted by atomic mass is 32.1. The molecule has 0 bridgehead atoms. The molecule has 0 saturated heterocycles. The molecule has 2 aromatic heterocycles. The monoisotopic (exact) mass is 294 g/mol. The maximum atomic E-state index is 11.9. The smallest absolute Gasteiger partial charge is 0.275 e. The van der Waals surface area contributed by atoms with Crippen molar-refractivity contribution in [2.24, 2.45) is 11.5 Å². The minimum atomic E-state index is -0.503. The lowest BCUT2D eigenvalue weighted by atomic mass is 10.4. The molecule has 5 N–H and O–H groups in total. The molecule has 0 atom stereocenters. The average Bonchev–Trinajstić information content (AvgIpc) is 2.99. The van der Waals surface area contributed by atoms with E-state index in [4.69, 9.17) is 11.5 Å². The van der Waals surface area contributed by atoms with Gasteiger partial charge >= 0.3 is 0 Å². The fraction of sp³-hybridized carbons (Fsp3) is 0.273. The van der Waals surface area contributed by atoms with Crippen molar-refractivity contribution in [1.82, 2.24) is 14.8 Å². The van der Waals surface area contributed by atoms with E-state index in [-0.39, 0.29) is 12.5 Å². The van der Waals surface area contributed by atoms with Crippen molar-refractivity contribution < 1.29 is 9.59 Å². The van der Waals surface area contributed by atoms with Gasteiger partial charge in [0.05, 0.1) is 16.9 Å². The van der Waals surface area contributed by atoms with Gasteiger partial charge in [-0.05, 0) is 6.54 Å². The van der Waals surface area contributed by atoms with Crippen LogP contribution in [0.1, 0.15) is 15.5 Å². The Morgan fingerprint density at radius 3 is 2.95 bits per heavy atom. The molecular formula is C11H14N6O2S. The number of hydrogen-bond donors (Lipinski definition) is 3. The van der Waals surface area contributed by atoms with E-state index in [2.05, 4.69) is 15.4 Å². The molecule has 0 aromatic carbocycles. The number of aromatic nitrogens is 3. The van der Waals surface area contributed by atoms with Gasteiger partial charge in [0.2, 0.25) is 5.91 Å². The molecule has 106 valence electrons. The summed E-state index contributed by atoms with van der Waals surface area (Å²) in [5.74, 6) is -0.833. The summed E-state index contributed by atoms with van der Waals surface area (Å²) in [7, 11) is 0. The Hall–Kier alpha value is -2.26. The van der Waals surface area contributed by atoms with Gasteiger partial charge in [-0.2, -0.15) is 5.10 Å². The van der Waals surface area contributed by atoms with E-state index in [0.29, 0.717) is 24.3 Å². The molecule has 0 aliphatic carbocycles. The number of thiazole rings is 1. The zero-order valence-corrected chi connectivity index (χ0v) is 11.4. The second-order valence-electron chi connectivity index (χ2n) is 4.01. The lowest BCUT2D eigenvalue weighted by molar-refractivity contribution is -0.118. The summed E-state index contributed by atoms with van der Waals surface area (Å²) < 4.78 is 1.35. The van der Waals surface area contributed by atoms with Crippen molar-refractivity contribution in [2.45, 2.75) is 13.0 Å². The molecule has 8 nitrogen and oxygen atoms in total. The number of carbonyl (C=O) groups is 2. The van der Waals surface area contributed by atoms with E-state index in [1.54, 1.807) is 5.38 Å². The SMILES string of the molecule is NCCc1nc(C(=O)Nc2cnn(CC(N)=O)c2)cs1. The molecule has 0 saturated carbocycles. The predicted octanol–water partition coefficient (Wildman–Crippen LogP) is -0.422. The first-order valence-electron chi connectivity index (χ1n) is 5.85. The normalized spacial score (nSPS) is 10.4. The van der Waals surface area contributed by atoms with Crippen LogP contribution < -0.4 is 16.8 Å². The molecule has 9 heteroatoms. The second kappa shape index (κ2) is 6.26. The van der Waals surface area contributed by atoms with Gasteiger partial charge in [0.1, 0.15) is 12.2 Å². The van der Waals surface area contributed by atoms with Crippen molar-refractivity contribution in [3.8, 4) is 0 Å². The summed E-state index contributed by atoms with van der Waals surface area (Å²) in [5.41, 5.74) is 11.3. The minimum absolute atomic E-state index is 0.0345. The van der Waals surface area contributed by atoms with Crippen LogP contribution in [-0.4, -0.2) is 33.1 Å². The first-order valence-corrected chi connectivity index (χ1v) is 6.73. The Balaban J connectivity index is 1.99. The zero-order valence-electron chi connectivity index (χ0n) is 10.6. The maximum absolute atomic E-state index is 11.9. The number of primary amides is 1. The van der Waals surface area contributed by atoms with E-state index in [0.717, 1.165) is 5.01 Å². The Kier molecular flexibility index (Phi) is 4.43. The lowest BCUT2D eigenvalue weighted by Crippen LogP contribution is -2.18. The van der Waals surface area contributed by atoms with Gasteiger partial charge in [-0.3, -0.25) is 14.3 Å². The predicted molar refractivity (Wildman–Crippen MR) is 74.2 cm³/mol. The molecule has 0 aliphatic rings. The summed E-state index contributed by atoms with van der Waals surface area (Å²) in [6.45, 7) is 0.460. The first-order chi connectivity index (χ1) is 9.58. The van der Waals surface area contributed by atoms with Crippen LogP contribution in [0.15, 0.2) is 17.8 Å². The van der Waals surface area contributed by atoms with Crippen molar-refractivity contribution in [3.63, 3.8) is 0 Å². The van der Waals surface area contributed by atoms with Crippen LogP contribution in [0.5, 0.6) is 0 Å². The van der Waals surface area contributed by atoms with Gasteiger partial charge in [0.15, 0.2) is 0 Å². The number of carbonyl (C=O) groups excluding carboxylic acids is 2. The van der Waals surface area contributed by atoms with Gasteiger partial charge in [-0.25, -0.2) is 4.98 Å². The number of hydrogen-bond acceptors (Lipinski definition) is 6. The Bertz CT molecular complexity index is 620. The molecule has 20 heavy (non-hydrogen) atoms. The van der Waals surface area contributed by atoms with E-state index < -0.39 is 5.91 Å². The van der Waals surface area contributed by atoms with Crippen LogP contribution in [0.4, 0.5) is 5.69 Å². The van der Waals surface area contributed by atoms with Crippen molar-refractivity contribution >= 4 is 28.8 Å². The molecule has 0 spiro atoms. The summed E-state index contributed by atoms with van der Waals surface area (Å²) in [5, 5.41) is 9.05. The summed E-state index contributed by atoms with van der Waals surface area (Å²) in [6, 6.07) is 0. The highest BCUT2D eigenvalue weighted by Crippen LogP contribution is 2.12. The van der Waals surface area contributed by atoms with Crippen molar-refractivity contribution in [3.05, 3.63) is 28.5 Å². The largest absolute Gasteiger partial charge is 0.368 e. The average molecular weight is 294 g/mol. The highest BCUT2D eigenvalue weighted by Gasteiger charge is 2.12. The van der Waals surface area contributed by atoms with E-state index >= 15 is 0 Å². The quantitative estimate of drug-likeness (QED) is 0.666. The van der Waals surface area contributed by atoms with Crippen LogP contribution in [0.2, 0.25) is 0 Å². The highest BCUT2D eigenvalue weighted by molar-refractivity contribution is 7.09. The fourth-order valence-corrected chi connectivity index (χ4v) is 2.32. The van der Waals surface area contributed by atoms with Gasteiger partial charge < -0.3 is 16.8 Å². The summed E-state index contributed by atoms with van der Waals surface area (Å²) in [6.07, 6.45) is 3.61. The molecule has 0 radical (unpaired) electrons. The third-order valence-electron chi connectivity index (χ3n) is 2.35. The molecular weight excluding hydrogens is 280 g/mol. The number of amides is 2. The van der Waals surface area contributed by atoms with Crippen LogP contribution in [0.3, 0.4) is 0 Å². The van der Waals surface area contributed by atoms with Gasteiger partial charge in [0, 0.05) is 18.0 Å². The van der Waals surface area contributed by atoms with Crippen molar-refractivity contribution in [1.29, 1.82) is 0 Å². The maximum Gasteiger partial charge on any atom is 0.275 e. The Morgan fingerprint density at radius 2 is 2.25 bits per heavy atom. The number of nitrogens with two attached hydrogens (primary N) is 2. The second-order valence-corrected chi connectivity index (χ2v) is 4.95. The number of anilines is 1. The first kappa shape index (κ1) is 14.2. The Labute approximate surface area is 118 Å². The molecule has 0 unspecified atom stereocenters. The van der Waals surface area contributed by atoms with Crippen LogP contribution in [-0.2, 0) is 17.8 Å². The van der Waals surface area contributed by atoms with Gasteiger partial charge in [0.25, 0.3) is 5.91 Å². The van der Waals surface area contributed by atoms with E-state index in [1.165, 1.54) is 28.4 Å². The van der Waals surface area contributed by atoms with Gasteiger partial charge in [-0.1, -0.05) is 0 Å². The zero-order chi connectivity index (χ0) is 14.5. The topological polar surface area (TPSA) is 129 Å². The lowest BCUT2D eigenvalue weighted by Gasteiger charge is -1.98. The minimum Gasteiger partial charge on any atom is -0.368 e. The molecule has 2 amide bonds. The third kappa shape index (κ3) is 3.62. The molecule has 2 aromatic rings. The van der Waals surface area contributed by atoms with E-state index in [9.17, 15) is 9.59 Å². The molecule has 0 fully saturated rings. The van der Waals surface area contributed by atoms with Crippen LogP contribution >= 0.6 is 11.3 Å². The summed E-state index contributed by atoms with van der Waals surface area (Å²) >= 11 is 1.39. The molecule has 2 heterocycles. The Morgan fingerprint density at radius 1 is 1.45 bits per heavy atom. The third-order valence-corrected chi connectivity index (χ3v) is 3.26. The fourth-order valence-electron chi connectivity index (χ4n) is 1.52. The summed E-state index contributed by atoms with van der Waals surface area (Å²) in [4.78, 5) is 26.9. The van der Waals surface area contributed by atoms with E-state index in [1.807, 2.05) is 0 Å². The van der Waals surface area contributed by atoms with Crippen molar-refractivity contribution in [2.75, 3.05) is 11.9 Å². The van der Waals surface area contributed by atoms with Crippen LogP contribution in [0.25, 0.3) is 0 Å². The van der Waals surface area contributed by atoms with Gasteiger partial charge in [-0.15, -0.1) is 11.3 Å². The standard InChI is InChI=1S/C11H14N6O2S/c12-2-1-10-16-8(6-20-10)11(19)15-7-3-14-17(4-7)5-9(13)18/h3-4,6H,1-2,5,12H2,(H2,13,18)(H,15,19).